The molecule has 92 valence electrons. The van der Waals surface area contributed by atoms with Crippen molar-refractivity contribution in [1.82, 2.24) is 5.32 Å². The van der Waals surface area contributed by atoms with Gasteiger partial charge in [0.2, 0.25) is 0 Å². The lowest BCUT2D eigenvalue weighted by molar-refractivity contribution is 0.0910. The molecule has 1 fully saturated rings. The van der Waals surface area contributed by atoms with Crippen LogP contribution in [0.25, 0.3) is 0 Å². The molecule has 17 heavy (non-hydrogen) atoms. The largest absolute Gasteiger partial charge is 0.346 e. The van der Waals surface area contributed by atoms with Crippen molar-refractivity contribution < 1.29 is 4.79 Å². The van der Waals surface area contributed by atoms with Crippen LogP contribution in [0.1, 0.15) is 41.6 Å². The molecular formula is C14H18BrNO. The second-order valence-electron chi connectivity index (χ2n) is 4.94. The summed E-state index contributed by atoms with van der Waals surface area (Å²) in [5.74, 6) is 0.0475. The molecule has 1 aromatic carbocycles. The van der Waals surface area contributed by atoms with Crippen LogP contribution in [0.5, 0.6) is 0 Å². The minimum Gasteiger partial charge on any atom is -0.346 e. The molecule has 0 radical (unpaired) electrons. The summed E-state index contributed by atoms with van der Waals surface area (Å²) < 4.78 is 0. The Morgan fingerprint density at radius 1 is 1.29 bits per heavy atom. The van der Waals surface area contributed by atoms with E-state index in [-0.39, 0.29) is 11.4 Å². The maximum atomic E-state index is 12.1. The van der Waals surface area contributed by atoms with Crippen LogP contribution < -0.4 is 5.32 Å². The third kappa shape index (κ3) is 2.89. The highest BCUT2D eigenvalue weighted by Crippen LogP contribution is 2.31. The first-order valence-electron chi connectivity index (χ1n) is 6.10. The van der Waals surface area contributed by atoms with E-state index in [0.717, 1.165) is 23.7 Å². The summed E-state index contributed by atoms with van der Waals surface area (Å²) in [6, 6.07) is 7.73. The van der Waals surface area contributed by atoms with Crippen LogP contribution >= 0.6 is 15.9 Å². The summed E-state index contributed by atoms with van der Waals surface area (Å²) in [5, 5.41) is 4.04. The monoisotopic (exact) mass is 295 g/mol. The molecule has 2 nitrogen and oxygen atoms in total. The molecule has 0 aromatic heterocycles. The fourth-order valence-electron chi connectivity index (χ4n) is 2.36. The Kier molecular flexibility index (Phi) is 3.87. The molecule has 1 aliphatic carbocycles. The van der Waals surface area contributed by atoms with Gasteiger partial charge in [0.15, 0.2) is 0 Å². The Hall–Kier alpha value is -0.830. The van der Waals surface area contributed by atoms with Crippen LogP contribution in [0.2, 0.25) is 0 Å². The summed E-state index contributed by atoms with van der Waals surface area (Å²) in [6.45, 7) is 2.03. The first-order valence-corrected chi connectivity index (χ1v) is 7.22. The van der Waals surface area contributed by atoms with Crippen LogP contribution in [-0.4, -0.2) is 16.8 Å². The fraction of sp³-hybridized carbons (Fsp3) is 0.500. The van der Waals surface area contributed by atoms with E-state index in [0.29, 0.717) is 0 Å². The lowest BCUT2D eigenvalue weighted by Crippen LogP contribution is -2.47. The lowest BCUT2D eigenvalue weighted by Gasteiger charge is -2.28. The number of carbonyl (C=O) groups is 1. The zero-order valence-electron chi connectivity index (χ0n) is 10.1. The molecule has 0 heterocycles. The lowest BCUT2D eigenvalue weighted by atomic mass is 10.00. The number of halogens is 1. The van der Waals surface area contributed by atoms with E-state index < -0.39 is 0 Å². The van der Waals surface area contributed by atoms with Gasteiger partial charge in [0.1, 0.15) is 0 Å². The van der Waals surface area contributed by atoms with E-state index in [4.69, 9.17) is 0 Å². The molecule has 1 N–H and O–H groups in total. The summed E-state index contributed by atoms with van der Waals surface area (Å²) in [6.07, 6.45) is 4.57. The predicted octanol–water partition coefficient (Wildman–Crippen LogP) is 3.43. The van der Waals surface area contributed by atoms with Crippen molar-refractivity contribution in [2.75, 3.05) is 5.33 Å². The Balaban J connectivity index is 2.08. The average molecular weight is 296 g/mol. The first kappa shape index (κ1) is 12.6. The maximum absolute atomic E-state index is 12.1. The van der Waals surface area contributed by atoms with Gasteiger partial charge in [0.05, 0.1) is 5.54 Å². The molecular weight excluding hydrogens is 278 g/mol. The van der Waals surface area contributed by atoms with Gasteiger partial charge in [-0.2, -0.15) is 0 Å². The van der Waals surface area contributed by atoms with Crippen molar-refractivity contribution in [3.8, 4) is 0 Å². The highest BCUT2D eigenvalue weighted by molar-refractivity contribution is 9.09. The molecule has 0 atom stereocenters. The molecule has 1 aromatic rings. The SMILES string of the molecule is Cc1ccc(C(=O)NC2(CBr)CCCC2)cc1. The van der Waals surface area contributed by atoms with E-state index in [1.54, 1.807) is 0 Å². The van der Waals surface area contributed by atoms with Crippen LogP contribution in [0.4, 0.5) is 0 Å². The zero-order valence-corrected chi connectivity index (χ0v) is 11.7. The number of benzene rings is 1. The van der Waals surface area contributed by atoms with Crippen molar-refractivity contribution in [2.24, 2.45) is 0 Å². The maximum Gasteiger partial charge on any atom is 0.251 e. The summed E-state index contributed by atoms with van der Waals surface area (Å²) >= 11 is 3.53. The molecule has 1 aliphatic rings. The van der Waals surface area contributed by atoms with Gasteiger partial charge in [-0.3, -0.25) is 4.79 Å². The van der Waals surface area contributed by atoms with Gasteiger partial charge in [-0.25, -0.2) is 0 Å². The number of carbonyl (C=O) groups excluding carboxylic acids is 1. The number of alkyl halides is 1. The van der Waals surface area contributed by atoms with Crippen LogP contribution in [-0.2, 0) is 0 Å². The fourth-order valence-corrected chi connectivity index (χ4v) is 3.06. The highest BCUT2D eigenvalue weighted by atomic mass is 79.9. The van der Waals surface area contributed by atoms with Gasteiger partial charge in [-0.15, -0.1) is 0 Å². The van der Waals surface area contributed by atoms with E-state index in [2.05, 4.69) is 21.2 Å². The second kappa shape index (κ2) is 5.21. The van der Waals surface area contributed by atoms with E-state index >= 15 is 0 Å². The molecule has 1 saturated carbocycles. The Morgan fingerprint density at radius 3 is 2.41 bits per heavy atom. The molecule has 0 saturated heterocycles. The van der Waals surface area contributed by atoms with Gasteiger partial charge in [-0.1, -0.05) is 46.5 Å². The van der Waals surface area contributed by atoms with Crippen molar-refractivity contribution in [1.29, 1.82) is 0 Å². The molecule has 0 aliphatic heterocycles. The molecule has 0 bridgehead atoms. The topological polar surface area (TPSA) is 29.1 Å². The number of nitrogens with one attached hydrogen (secondary N) is 1. The molecule has 0 unspecified atom stereocenters. The highest BCUT2D eigenvalue weighted by Gasteiger charge is 2.34. The van der Waals surface area contributed by atoms with Crippen molar-refractivity contribution in [3.05, 3.63) is 35.4 Å². The Bertz CT molecular complexity index is 393. The van der Waals surface area contributed by atoms with E-state index in [1.165, 1.54) is 18.4 Å². The van der Waals surface area contributed by atoms with Gasteiger partial charge >= 0.3 is 0 Å². The van der Waals surface area contributed by atoms with Crippen LogP contribution in [0, 0.1) is 6.92 Å². The van der Waals surface area contributed by atoms with Crippen LogP contribution in [0.15, 0.2) is 24.3 Å². The predicted molar refractivity (Wildman–Crippen MR) is 73.6 cm³/mol. The molecule has 3 heteroatoms. The first-order chi connectivity index (χ1) is 8.15. The summed E-state index contributed by atoms with van der Waals surface area (Å²) in [4.78, 5) is 12.1. The quantitative estimate of drug-likeness (QED) is 0.851. The Morgan fingerprint density at radius 2 is 1.88 bits per heavy atom. The van der Waals surface area contributed by atoms with Crippen molar-refractivity contribution in [3.63, 3.8) is 0 Å². The second-order valence-corrected chi connectivity index (χ2v) is 5.50. The molecule has 2 rings (SSSR count). The smallest absolute Gasteiger partial charge is 0.251 e. The van der Waals surface area contributed by atoms with Crippen molar-refractivity contribution >= 4 is 21.8 Å². The van der Waals surface area contributed by atoms with E-state index in [1.807, 2.05) is 31.2 Å². The third-order valence-corrected chi connectivity index (χ3v) is 4.58. The number of hydrogen-bond acceptors (Lipinski definition) is 1. The van der Waals surface area contributed by atoms with Crippen LogP contribution in [0.3, 0.4) is 0 Å². The third-order valence-electron chi connectivity index (χ3n) is 3.51. The van der Waals surface area contributed by atoms with E-state index in [9.17, 15) is 4.79 Å². The molecule has 1 amide bonds. The summed E-state index contributed by atoms with van der Waals surface area (Å²) in [5.41, 5.74) is 1.91. The van der Waals surface area contributed by atoms with Gasteiger partial charge < -0.3 is 5.32 Å². The number of rotatable bonds is 3. The Labute approximate surface area is 111 Å². The van der Waals surface area contributed by atoms with Crippen molar-refractivity contribution in [2.45, 2.75) is 38.1 Å². The number of amides is 1. The minimum absolute atomic E-state index is 0.0258. The van der Waals surface area contributed by atoms with Gasteiger partial charge in [-0.05, 0) is 31.9 Å². The number of aryl methyl sites for hydroxylation is 1. The molecule has 0 spiro atoms. The van der Waals surface area contributed by atoms with Gasteiger partial charge in [0, 0.05) is 10.9 Å². The minimum atomic E-state index is -0.0258. The normalized spacial score (nSPS) is 18.0. The standard InChI is InChI=1S/C14H18BrNO/c1-11-4-6-12(7-5-11)13(17)16-14(10-15)8-2-3-9-14/h4-7H,2-3,8-10H2,1H3,(H,16,17). The number of hydrogen-bond donors (Lipinski definition) is 1. The zero-order chi connectivity index (χ0) is 12.3. The summed E-state index contributed by atoms with van der Waals surface area (Å²) in [7, 11) is 0. The van der Waals surface area contributed by atoms with Gasteiger partial charge in [0.25, 0.3) is 5.91 Å². The average Bonchev–Trinajstić information content (AvgIpc) is 2.79.